The summed E-state index contributed by atoms with van der Waals surface area (Å²) in [4.78, 5) is 0. The lowest BCUT2D eigenvalue weighted by Crippen LogP contribution is -2.17. The highest BCUT2D eigenvalue weighted by Crippen LogP contribution is 2.11. The Hall–Kier alpha value is 0.250. The molecule has 0 saturated heterocycles. The quantitative estimate of drug-likeness (QED) is 0.578. The van der Waals surface area contributed by atoms with E-state index in [0.29, 0.717) is 17.9 Å². The lowest BCUT2D eigenvalue weighted by Gasteiger charge is -2.17. The summed E-state index contributed by atoms with van der Waals surface area (Å²) in [6, 6.07) is 0. The lowest BCUT2D eigenvalue weighted by atomic mass is 10.1. The number of rotatable bonds is 7. The molecule has 0 aromatic carbocycles. The zero-order valence-corrected chi connectivity index (χ0v) is 10.1. The van der Waals surface area contributed by atoms with Gasteiger partial charge >= 0.3 is 0 Å². The molecule has 0 N–H and O–H groups in total. The van der Waals surface area contributed by atoms with Crippen LogP contribution < -0.4 is 0 Å². The SMILES string of the molecule is CC(CCCl)CCOC(C)C(C)C. The van der Waals surface area contributed by atoms with Crippen LogP contribution in [0.1, 0.15) is 40.5 Å². The second-order valence-corrected chi connectivity index (χ2v) is 4.57. The van der Waals surface area contributed by atoms with Crippen molar-refractivity contribution in [3.05, 3.63) is 0 Å². The van der Waals surface area contributed by atoms with Crippen molar-refractivity contribution in [2.45, 2.75) is 46.6 Å². The fraction of sp³-hybridized carbons (Fsp3) is 1.00. The second-order valence-electron chi connectivity index (χ2n) is 4.19. The van der Waals surface area contributed by atoms with Crippen molar-refractivity contribution in [1.82, 2.24) is 0 Å². The van der Waals surface area contributed by atoms with E-state index in [4.69, 9.17) is 16.3 Å². The Bertz CT molecular complexity index is 115. The van der Waals surface area contributed by atoms with E-state index in [9.17, 15) is 0 Å². The molecule has 0 amide bonds. The molecule has 0 fully saturated rings. The first-order chi connectivity index (χ1) is 6.07. The molecular formula is C11H23ClO. The Labute approximate surface area is 87.8 Å². The molecule has 0 aliphatic carbocycles. The highest BCUT2D eigenvalue weighted by molar-refractivity contribution is 6.17. The Balaban J connectivity index is 3.33. The first kappa shape index (κ1) is 13.2. The van der Waals surface area contributed by atoms with Crippen LogP contribution in [0.5, 0.6) is 0 Å². The van der Waals surface area contributed by atoms with Gasteiger partial charge in [-0.2, -0.15) is 0 Å². The molecule has 0 saturated carbocycles. The van der Waals surface area contributed by atoms with Crippen LogP contribution in [0.3, 0.4) is 0 Å². The molecule has 0 aliphatic heterocycles. The Morgan fingerprint density at radius 3 is 2.15 bits per heavy atom. The number of hydrogen-bond donors (Lipinski definition) is 0. The fourth-order valence-corrected chi connectivity index (χ4v) is 1.35. The largest absolute Gasteiger partial charge is 0.378 e. The van der Waals surface area contributed by atoms with Gasteiger partial charge in [-0.15, -0.1) is 11.6 Å². The van der Waals surface area contributed by atoms with Gasteiger partial charge in [-0.1, -0.05) is 20.8 Å². The first-order valence-corrected chi connectivity index (χ1v) is 5.79. The predicted molar refractivity (Wildman–Crippen MR) is 59.4 cm³/mol. The monoisotopic (exact) mass is 206 g/mol. The summed E-state index contributed by atoms with van der Waals surface area (Å²) in [5, 5.41) is 0. The summed E-state index contributed by atoms with van der Waals surface area (Å²) >= 11 is 5.65. The summed E-state index contributed by atoms with van der Waals surface area (Å²) in [6.45, 7) is 9.61. The highest BCUT2D eigenvalue weighted by Gasteiger charge is 2.07. The molecule has 0 aliphatic rings. The number of ether oxygens (including phenoxy) is 1. The van der Waals surface area contributed by atoms with E-state index < -0.39 is 0 Å². The van der Waals surface area contributed by atoms with E-state index >= 15 is 0 Å². The Kier molecular flexibility index (Phi) is 7.78. The van der Waals surface area contributed by atoms with E-state index in [2.05, 4.69) is 27.7 Å². The van der Waals surface area contributed by atoms with Crippen molar-refractivity contribution < 1.29 is 4.74 Å². The van der Waals surface area contributed by atoms with Gasteiger partial charge in [0, 0.05) is 12.5 Å². The van der Waals surface area contributed by atoms with Crippen LogP contribution in [-0.2, 0) is 4.74 Å². The molecule has 0 aromatic heterocycles. The maximum absolute atomic E-state index is 5.68. The van der Waals surface area contributed by atoms with Gasteiger partial charge in [0.15, 0.2) is 0 Å². The summed E-state index contributed by atoms with van der Waals surface area (Å²) in [5.41, 5.74) is 0. The molecule has 0 spiro atoms. The van der Waals surface area contributed by atoms with E-state index in [0.717, 1.165) is 25.3 Å². The van der Waals surface area contributed by atoms with Crippen molar-refractivity contribution in [2.75, 3.05) is 12.5 Å². The van der Waals surface area contributed by atoms with Crippen LogP contribution in [0.15, 0.2) is 0 Å². The van der Waals surface area contributed by atoms with Gasteiger partial charge in [-0.3, -0.25) is 0 Å². The normalized spacial score (nSPS) is 16.2. The average Bonchev–Trinajstić information content (AvgIpc) is 2.04. The zero-order valence-electron chi connectivity index (χ0n) is 9.35. The maximum atomic E-state index is 5.68. The van der Waals surface area contributed by atoms with Crippen molar-refractivity contribution in [2.24, 2.45) is 11.8 Å². The van der Waals surface area contributed by atoms with E-state index in [1.54, 1.807) is 0 Å². The van der Waals surface area contributed by atoms with Crippen LogP contribution in [0.2, 0.25) is 0 Å². The third kappa shape index (κ3) is 7.33. The molecule has 0 bridgehead atoms. The third-order valence-corrected chi connectivity index (χ3v) is 2.75. The van der Waals surface area contributed by atoms with Crippen LogP contribution in [-0.4, -0.2) is 18.6 Å². The lowest BCUT2D eigenvalue weighted by molar-refractivity contribution is 0.0286. The topological polar surface area (TPSA) is 9.23 Å². The van der Waals surface area contributed by atoms with Crippen molar-refractivity contribution in [1.29, 1.82) is 0 Å². The second kappa shape index (κ2) is 7.64. The fourth-order valence-electron chi connectivity index (χ4n) is 0.978. The third-order valence-electron chi connectivity index (χ3n) is 2.53. The standard InChI is InChI=1S/C11H23ClO/c1-9(2)11(4)13-8-6-10(3)5-7-12/h9-11H,5-8H2,1-4H3. The van der Waals surface area contributed by atoms with Crippen LogP contribution in [0, 0.1) is 11.8 Å². The molecule has 13 heavy (non-hydrogen) atoms. The molecule has 2 heteroatoms. The van der Waals surface area contributed by atoms with Gasteiger partial charge < -0.3 is 4.74 Å². The van der Waals surface area contributed by atoms with Crippen molar-refractivity contribution in [3.8, 4) is 0 Å². The molecule has 1 nitrogen and oxygen atoms in total. The minimum atomic E-state index is 0.378. The number of halogens is 1. The first-order valence-electron chi connectivity index (χ1n) is 5.25. The van der Waals surface area contributed by atoms with Crippen LogP contribution in [0.25, 0.3) is 0 Å². The van der Waals surface area contributed by atoms with Crippen molar-refractivity contribution in [3.63, 3.8) is 0 Å². The minimum Gasteiger partial charge on any atom is -0.378 e. The number of alkyl halides is 1. The molecule has 0 radical (unpaired) electrons. The molecular weight excluding hydrogens is 184 g/mol. The van der Waals surface area contributed by atoms with Gasteiger partial charge in [0.05, 0.1) is 6.10 Å². The summed E-state index contributed by atoms with van der Waals surface area (Å²) < 4.78 is 5.68. The summed E-state index contributed by atoms with van der Waals surface area (Å²) in [6.07, 6.45) is 2.60. The van der Waals surface area contributed by atoms with Crippen LogP contribution in [0.4, 0.5) is 0 Å². The Morgan fingerprint density at radius 2 is 1.69 bits per heavy atom. The van der Waals surface area contributed by atoms with Gasteiger partial charge in [0.25, 0.3) is 0 Å². The molecule has 2 unspecified atom stereocenters. The van der Waals surface area contributed by atoms with E-state index in [1.165, 1.54) is 0 Å². The van der Waals surface area contributed by atoms with Gasteiger partial charge in [-0.05, 0) is 31.6 Å². The zero-order chi connectivity index (χ0) is 10.3. The number of hydrogen-bond acceptors (Lipinski definition) is 1. The van der Waals surface area contributed by atoms with Gasteiger partial charge in [-0.25, -0.2) is 0 Å². The smallest absolute Gasteiger partial charge is 0.0569 e. The van der Waals surface area contributed by atoms with Crippen LogP contribution >= 0.6 is 11.6 Å². The molecule has 80 valence electrons. The molecule has 2 atom stereocenters. The van der Waals surface area contributed by atoms with Gasteiger partial charge in [0.1, 0.15) is 0 Å². The predicted octanol–water partition coefficient (Wildman–Crippen LogP) is 3.70. The minimum absolute atomic E-state index is 0.378. The average molecular weight is 207 g/mol. The Morgan fingerprint density at radius 1 is 1.08 bits per heavy atom. The summed E-state index contributed by atoms with van der Waals surface area (Å²) in [7, 11) is 0. The van der Waals surface area contributed by atoms with Crippen molar-refractivity contribution >= 4 is 11.6 Å². The maximum Gasteiger partial charge on any atom is 0.0569 e. The highest BCUT2D eigenvalue weighted by atomic mass is 35.5. The van der Waals surface area contributed by atoms with E-state index in [1.807, 2.05) is 0 Å². The summed E-state index contributed by atoms with van der Waals surface area (Å²) in [5.74, 6) is 2.07. The molecule has 0 aromatic rings. The molecule has 0 rings (SSSR count). The van der Waals surface area contributed by atoms with E-state index in [-0.39, 0.29) is 0 Å². The van der Waals surface area contributed by atoms with Gasteiger partial charge in [0.2, 0.25) is 0 Å². The molecule has 0 heterocycles.